The Bertz CT molecular complexity index is 995. The van der Waals surface area contributed by atoms with E-state index in [-0.39, 0.29) is 24.2 Å². The smallest absolute Gasteiger partial charge is 0.229 e. The quantitative estimate of drug-likeness (QED) is 0.752. The molecular weight excluding hydrogens is 336 g/mol. The summed E-state index contributed by atoms with van der Waals surface area (Å²) in [4.78, 5) is 26.8. The van der Waals surface area contributed by atoms with Crippen LogP contribution in [-0.4, -0.2) is 18.4 Å². The van der Waals surface area contributed by atoms with Gasteiger partial charge in [0.15, 0.2) is 0 Å². The third-order valence-corrected chi connectivity index (χ3v) is 5.17. The molecule has 1 aliphatic heterocycles. The summed E-state index contributed by atoms with van der Waals surface area (Å²) in [5.41, 5.74) is 2.85. The lowest BCUT2D eigenvalue weighted by Crippen LogP contribution is -2.28. The van der Waals surface area contributed by atoms with E-state index in [2.05, 4.69) is 12.2 Å². The average Bonchev–Trinajstić information content (AvgIpc) is 3.10. The van der Waals surface area contributed by atoms with Gasteiger partial charge in [0, 0.05) is 24.3 Å². The highest BCUT2D eigenvalue weighted by Gasteiger charge is 2.35. The van der Waals surface area contributed by atoms with Crippen molar-refractivity contribution in [2.75, 3.05) is 16.8 Å². The molecule has 4 rings (SSSR count). The molecule has 4 nitrogen and oxygen atoms in total. The number of rotatable bonds is 4. The Hall–Kier alpha value is -3.14. The van der Waals surface area contributed by atoms with E-state index in [1.54, 1.807) is 4.90 Å². The lowest BCUT2D eigenvalue weighted by Gasteiger charge is -2.17. The molecule has 0 unspecified atom stereocenters. The summed E-state index contributed by atoms with van der Waals surface area (Å²) in [5, 5.41) is 5.18. The predicted molar refractivity (Wildman–Crippen MR) is 109 cm³/mol. The Morgan fingerprint density at radius 3 is 2.52 bits per heavy atom. The lowest BCUT2D eigenvalue weighted by molar-refractivity contribution is -0.122. The van der Waals surface area contributed by atoms with Gasteiger partial charge in [-0.1, -0.05) is 49.4 Å². The number of carbonyl (C=O) groups is 2. The van der Waals surface area contributed by atoms with Gasteiger partial charge in [-0.15, -0.1) is 0 Å². The van der Waals surface area contributed by atoms with Crippen LogP contribution in [-0.2, 0) is 16.0 Å². The number of aryl methyl sites for hydroxylation is 1. The standard InChI is InChI=1S/C23H22N2O2/c1-2-16-7-11-21(12-8-16)25-15-19(14-22(25)26)23(27)24-20-10-9-17-5-3-4-6-18(17)13-20/h3-13,19H,2,14-15H2,1H3,(H,24,27)/t19-/m1/s1. The SMILES string of the molecule is CCc1ccc(N2C[C@H](C(=O)Nc3ccc4ccccc4c3)CC2=O)cc1. The van der Waals surface area contributed by atoms with E-state index in [0.717, 1.165) is 28.6 Å². The molecule has 0 aromatic heterocycles. The largest absolute Gasteiger partial charge is 0.326 e. The van der Waals surface area contributed by atoms with E-state index < -0.39 is 0 Å². The van der Waals surface area contributed by atoms with Gasteiger partial charge in [-0.2, -0.15) is 0 Å². The minimum absolute atomic E-state index is 0.00194. The number of carbonyl (C=O) groups excluding carboxylic acids is 2. The van der Waals surface area contributed by atoms with Crippen molar-refractivity contribution in [3.63, 3.8) is 0 Å². The zero-order valence-corrected chi connectivity index (χ0v) is 15.3. The molecule has 0 bridgehead atoms. The molecule has 1 heterocycles. The fraction of sp³-hybridized carbons (Fsp3) is 0.217. The van der Waals surface area contributed by atoms with Crippen LogP contribution in [0.4, 0.5) is 11.4 Å². The maximum absolute atomic E-state index is 12.7. The summed E-state index contributed by atoms with van der Waals surface area (Å²) in [5.74, 6) is -0.445. The Balaban J connectivity index is 1.46. The number of benzene rings is 3. The molecule has 2 amide bonds. The van der Waals surface area contributed by atoms with Crippen molar-refractivity contribution in [2.45, 2.75) is 19.8 Å². The molecule has 27 heavy (non-hydrogen) atoms. The van der Waals surface area contributed by atoms with Crippen LogP contribution in [0.2, 0.25) is 0 Å². The second-order valence-electron chi connectivity index (χ2n) is 6.98. The monoisotopic (exact) mass is 358 g/mol. The fourth-order valence-corrected chi connectivity index (χ4v) is 3.56. The van der Waals surface area contributed by atoms with Gasteiger partial charge < -0.3 is 10.2 Å². The van der Waals surface area contributed by atoms with E-state index in [0.29, 0.717) is 6.54 Å². The molecule has 4 heteroatoms. The van der Waals surface area contributed by atoms with Crippen molar-refractivity contribution in [1.29, 1.82) is 0 Å². The van der Waals surface area contributed by atoms with Crippen LogP contribution in [0.1, 0.15) is 18.9 Å². The first-order valence-electron chi connectivity index (χ1n) is 9.33. The third-order valence-electron chi connectivity index (χ3n) is 5.17. The van der Waals surface area contributed by atoms with Crippen molar-refractivity contribution >= 4 is 34.0 Å². The molecule has 1 saturated heterocycles. The van der Waals surface area contributed by atoms with Crippen molar-refractivity contribution in [2.24, 2.45) is 5.92 Å². The normalized spacial score (nSPS) is 16.7. The molecule has 1 aliphatic rings. The second-order valence-corrected chi connectivity index (χ2v) is 6.98. The summed E-state index contributed by atoms with van der Waals surface area (Å²) in [6.45, 7) is 2.52. The molecule has 1 fully saturated rings. The minimum Gasteiger partial charge on any atom is -0.326 e. The number of hydrogen-bond acceptors (Lipinski definition) is 2. The van der Waals surface area contributed by atoms with Crippen molar-refractivity contribution in [1.82, 2.24) is 0 Å². The van der Waals surface area contributed by atoms with Gasteiger partial charge in [0.1, 0.15) is 0 Å². The highest BCUT2D eigenvalue weighted by molar-refractivity contribution is 6.04. The summed E-state index contributed by atoms with van der Waals surface area (Å²) in [6.07, 6.45) is 1.21. The van der Waals surface area contributed by atoms with E-state index in [1.165, 1.54) is 5.56 Å². The topological polar surface area (TPSA) is 49.4 Å². The van der Waals surface area contributed by atoms with E-state index in [9.17, 15) is 9.59 Å². The van der Waals surface area contributed by atoms with E-state index in [1.807, 2.05) is 66.7 Å². The first kappa shape index (κ1) is 17.3. The highest BCUT2D eigenvalue weighted by Crippen LogP contribution is 2.27. The van der Waals surface area contributed by atoms with Crippen molar-refractivity contribution in [3.05, 3.63) is 72.3 Å². The molecule has 0 saturated carbocycles. The van der Waals surface area contributed by atoms with Crippen LogP contribution in [0.3, 0.4) is 0 Å². The van der Waals surface area contributed by atoms with E-state index >= 15 is 0 Å². The Morgan fingerprint density at radius 1 is 1.04 bits per heavy atom. The number of hydrogen-bond donors (Lipinski definition) is 1. The number of nitrogens with zero attached hydrogens (tertiary/aromatic N) is 1. The first-order valence-corrected chi connectivity index (χ1v) is 9.33. The van der Waals surface area contributed by atoms with Gasteiger partial charge in [0.25, 0.3) is 0 Å². The molecule has 3 aromatic carbocycles. The zero-order valence-electron chi connectivity index (χ0n) is 15.3. The number of nitrogens with one attached hydrogen (secondary N) is 1. The Morgan fingerprint density at radius 2 is 1.78 bits per heavy atom. The first-order chi connectivity index (χ1) is 13.1. The van der Waals surface area contributed by atoms with Crippen molar-refractivity contribution in [3.8, 4) is 0 Å². The van der Waals surface area contributed by atoms with Gasteiger partial charge >= 0.3 is 0 Å². The fourth-order valence-electron chi connectivity index (χ4n) is 3.56. The summed E-state index contributed by atoms with van der Waals surface area (Å²) in [7, 11) is 0. The summed E-state index contributed by atoms with van der Waals surface area (Å²) in [6, 6.07) is 21.9. The van der Waals surface area contributed by atoms with Gasteiger partial charge in [0.05, 0.1) is 5.92 Å². The minimum atomic E-state index is -0.338. The van der Waals surface area contributed by atoms with Crippen LogP contribution in [0.15, 0.2) is 66.7 Å². The lowest BCUT2D eigenvalue weighted by atomic mass is 10.1. The van der Waals surface area contributed by atoms with E-state index in [4.69, 9.17) is 0 Å². The molecule has 136 valence electrons. The van der Waals surface area contributed by atoms with Crippen LogP contribution < -0.4 is 10.2 Å². The number of amides is 2. The van der Waals surface area contributed by atoms with Crippen LogP contribution in [0, 0.1) is 5.92 Å². The maximum atomic E-state index is 12.7. The summed E-state index contributed by atoms with van der Waals surface area (Å²) < 4.78 is 0. The number of anilines is 2. The summed E-state index contributed by atoms with van der Waals surface area (Å²) >= 11 is 0. The van der Waals surface area contributed by atoms with Gasteiger partial charge in [-0.25, -0.2) is 0 Å². The third kappa shape index (κ3) is 3.56. The van der Waals surface area contributed by atoms with Gasteiger partial charge in [0.2, 0.25) is 11.8 Å². The molecule has 0 radical (unpaired) electrons. The van der Waals surface area contributed by atoms with Crippen LogP contribution in [0.5, 0.6) is 0 Å². The Kier molecular flexibility index (Phi) is 4.63. The van der Waals surface area contributed by atoms with Crippen molar-refractivity contribution < 1.29 is 9.59 Å². The Labute approximate surface area is 158 Å². The predicted octanol–water partition coefficient (Wildman–Crippen LogP) is 4.39. The molecule has 3 aromatic rings. The molecule has 1 atom stereocenters. The van der Waals surface area contributed by atoms with Crippen LogP contribution >= 0.6 is 0 Å². The average molecular weight is 358 g/mol. The molecule has 0 spiro atoms. The number of fused-ring (bicyclic) bond motifs is 1. The zero-order chi connectivity index (χ0) is 18.8. The maximum Gasteiger partial charge on any atom is 0.229 e. The molecule has 1 N–H and O–H groups in total. The second kappa shape index (κ2) is 7.23. The molecular formula is C23H22N2O2. The van der Waals surface area contributed by atoms with Gasteiger partial charge in [-0.05, 0) is 47.0 Å². The van der Waals surface area contributed by atoms with Gasteiger partial charge in [-0.3, -0.25) is 9.59 Å². The van der Waals surface area contributed by atoms with Crippen LogP contribution in [0.25, 0.3) is 10.8 Å². The highest BCUT2D eigenvalue weighted by atomic mass is 16.2. The molecule has 0 aliphatic carbocycles.